The van der Waals surface area contributed by atoms with Gasteiger partial charge in [-0.05, 0) is 12.1 Å². The van der Waals surface area contributed by atoms with Gasteiger partial charge in [0.25, 0.3) is 6.17 Å². The van der Waals surface area contributed by atoms with E-state index in [1.165, 1.54) is 0 Å². The second kappa shape index (κ2) is 5.49. The summed E-state index contributed by atoms with van der Waals surface area (Å²) < 4.78 is 90.3. The normalized spacial score (nSPS) is 13.6. The maximum atomic E-state index is 13.1. The lowest BCUT2D eigenvalue weighted by atomic mass is 10.3. The molecular weight excluding hydrogens is 299 g/mol. The van der Waals surface area contributed by atoms with Crippen LogP contribution in [0.4, 0.5) is 36.4 Å². The Morgan fingerprint density at radius 3 is 2.25 bits per heavy atom. The Morgan fingerprint density at radius 2 is 1.80 bits per heavy atom. The van der Waals surface area contributed by atoms with E-state index in [4.69, 9.17) is 0 Å². The van der Waals surface area contributed by atoms with Crippen LogP contribution in [0.5, 0.6) is 5.75 Å². The van der Waals surface area contributed by atoms with E-state index in [0.717, 1.165) is 6.08 Å². The van der Waals surface area contributed by atoms with Crippen LogP contribution in [0.3, 0.4) is 0 Å². The minimum absolute atomic E-state index is 0.229. The van der Waals surface area contributed by atoms with Crippen molar-refractivity contribution >= 4 is 11.8 Å². The molecule has 1 rings (SSSR count). The fraction of sp³-hybridized carbons (Fsp3) is 0.300. The molecule has 20 heavy (non-hydrogen) atoms. The van der Waals surface area contributed by atoms with Gasteiger partial charge in [-0.1, -0.05) is 0 Å². The lowest BCUT2D eigenvalue weighted by Crippen LogP contribution is -2.45. The summed E-state index contributed by atoms with van der Waals surface area (Å²) in [6.45, 7) is 0. The molecule has 0 bridgehead atoms. The third-order valence-electron chi connectivity index (χ3n) is 1.92. The number of alkyl halides is 6. The monoisotopic (exact) mass is 303 g/mol. The van der Waals surface area contributed by atoms with Crippen molar-refractivity contribution in [3.8, 4) is 5.75 Å². The van der Waals surface area contributed by atoms with Crippen molar-refractivity contribution < 1.29 is 40.3 Å². The number of halogens is 7. The zero-order valence-electron chi connectivity index (χ0n) is 9.22. The average molecular weight is 303 g/mol. The maximum absolute atomic E-state index is 13.1. The van der Waals surface area contributed by atoms with Crippen LogP contribution in [-0.2, 0) is 4.79 Å². The number of hydrogen-bond acceptors (Lipinski definition) is 3. The Bertz CT molecular complexity index is 537. The fourth-order valence-corrected chi connectivity index (χ4v) is 1.09. The number of benzene rings is 1. The van der Waals surface area contributed by atoms with Crippen molar-refractivity contribution in [1.29, 1.82) is 0 Å². The molecule has 1 aromatic carbocycles. The molecule has 0 saturated heterocycles. The van der Waals surface area contributed by atoms with Gasteiger partial charge in [0.05, 0.1) is 0 Å². The van der Waals surface area contributed by atoms with Gasteiger partial charge in [-0.3, -0.25) is 0 Å². The van der Waals surface area contributed by atoms with Crippen molar-refractivity contribution in [1.82, 2.24) is 0 Å². The van der Waals surface area contributed by atoms with E-state index in [1.807, 2.05) is 0 Å². The van der Waals surface area contributed by atoms with Crippen LogP contribution in [0.15, 0.2) is 23.2 Å². The van der Waals surface area contributed by atoms with E-state index in [1.54, 1.807) is 0 Å². The van der Waals surface area contributed by atoms with Gasteiger partial charge < -0.3 is 4.74 Å². The molecule has 0 saturated carbocycles. The molecule has 0 aromatic heterocycles. The van der Waals surface area contributed by atoms with E-state index in [9.17, 15) is 35.5 Å². The summed E-state index contributed by atoms with van der Waals surface area (Å²) in [4.78, 5) is 12.7. The van der Waals surface area contributed by atoms with E-state index in [-0.39, 0.29) is 6.07 Å². The molecule has 1 atom stereocenters. The van der Waals surface area contributed by atoms with E-state index in [2.05, 4.69) is 9.73 Å². The van der Waals surface area contributed by atoms with Crippen LogP contribution in [0.1, 0.15) is 0 Å². The number of isocyanates is 1. The molecule has 10 heteroatoms. The molecule has 0 N–H and O–H groups in total. The molecule has 0 spiro atoms. The van der Waals surface area contributed by atoms with Crippen molar-refractivity contribution in [2.45, 2.75) is 18.5 Å². The molecule has 0 aliphatic carbocycles. The van der Waals surface area contributed by atoms with Crippen molar-refractivity contribution in [2.75, 3.05) is 0 Å². The van der Waals surface area contributed by atoms with Crippen molar-refractivity contribution in [2.24, 2.45) is 4.99 Å². The van der Waals surface area contributed by atoms with E-state index < -0.39 is 35.7 Å². The molecule has 1 unspecified atom stereocenters. The van der Waals surface area contributed by atoms with Gasteiger partial charge in [0.15, 0.2) is 5.82 Å². The standard InChI is InChI=1S/C10H4F7NO2/c11-6-3-5(1-2-7(6)18-4-19)20-10(16,17)8(12)9(13,14)15/h1-3,8H. The fourth-order valence-electron chi connectivity index (χ4n) is 1.09. The number of nitrogens with zero attached hydrogens (tertiary/aromatic N) is 1. The minimum atomic E-state index is -5.84. The van der Waals surface area contributed by atoms with Gasteiger partial charge in [0.1, 0.15) is 11.4 Å². The summed E-state index contributed by atoms with van der Waals surface area (Å²) in [6, 6.07) is 1.50. The van der Waals surface area contributed by atoms with E-state index in [0.29, 0.717) is 12.1 Å². The quantitative estimate of drug-likeness (QED) is 0.483. The number of hydrogen-bond donors (Lipinski definition) is 0. The largest absolute Gasteiger partial charge is 0.439 e. The molecule has 0 amide bonds. The Morgan fingerprint density at radius 1 is 1.20 bits per heavy atom. The molecular formula is C10H4F7NO2. The third kappa shape index (κ3) is 3.70. The number of aliphatic imine (C=N–C) groups is 1. The average Bonchev–Trinajstić information content (AvgIpc) is 2.30. The lowest BCUT2D eigenvalue weighted by molar-refractivity contribution is -0.305. The van der Waals surface area contributed by atoms with Crippen LogP contribution in [0, 0.1) is 5.82 Å². The third-order valence-corrected chi connectivity index (χ3v) is 1.92. The Labute approximate surface area is 106 Å². The van der Waals surface area contributed by atoms with Gasteiger partial charge in [-0.2, -0.15) is 26.9 Å². The van der Waals surface area contributed by atoms with Crippen molar-refractivity contribution in [3.05, 3.63) is 24.0 Å². The summed E-state index contributed by atoms with van der Waals surface area (Å²) >= 11 is 0. The number of rotatable bonds is 4. The van der Waals surface area contributed by atoms with Crippen LogP contribution in [-0.4, -0.2) is 24.5 Å². The van der Waals surface area contributed by atoms with Gasteiger partial charge in [-0.25, -0.2) is 13.6 Å². The van der Waals surface area contributed by atoms with Crippen LogP contribution in [0.2, 0.25) is 0 Å². The first-order chi connectivity index (χ1) is 9.08. The molecule has 0 aliphatic rings. The first kappa shape index (κ1) is 16.0. The van der Waals surface area contributed by atoms with Crippen LogP contribution < -0.4 is 4.74 Å². The highest BCUT2D eigenvalue weighted by molar-refractivity contribution is 5.51. The summed E-state index contributed by atoms with van der Waals surface area (Å²) in [5.41, 5.74) is -0.594. The molecule has 0 radical (unpaired) electrons. The van der Waals surface area contributed by atoms with E-state index >= 15 is 0 Å². The lowest BCUT2D eigenvalue weighted by Gasteiger charge is -2.23. The maximum Gasteiger partial charge on any atom is 0.439 e. The molecule has 0 fully saturated rings. The SMILES string of the molecule is O=C=Nc1ccc(OC(F)(F)C(F)C(F)(F)F)cc1F. The second-order valence-corrected chi connectivity index (χ2v) is 3.38. The first-order valence-corrected chi connectivity index (χ1v) is 4.73. The number of ether oxygens (including phenoxy) is 1. The van der Waals surface area contributed by atoms with Gasteiger partial charge in [-0.15, -0.1) is 0 Å². The van der Waals surface area contributed by atoms with Crippen LogP contribution in [0.25, 0.3) is 0 Å². The highest BCUT2D eigenvalue weighted by atomic mass is 19.4. The topological polar surface area (TPSA) is 38.7 Å². The molecule has 0 aliphatic heterocycles. The molecule has 1 aromatic rings. The predicted octanol–water partition coefficient (Wildman–Crippen LogP) is 3.67. The Hall–Kier alpha value is -2.09. The molecule has 110 valence electrons. The molecule has 3 nitrogen and oxygen atoms in total. The van der Waals surface area contributed by atoms with Gasteiger partial charge in [0, 0.05) is 6.07 Å². The predicted molar refractivity (Wildman–Crippen MR) is 50.7 cm³/mol. The zero-order chi connectivity index (χ0) is 15.6. The number of carbonyl (C=O) groups excluding carboxylic acids is 1. The van der Waals surface area contributed by atoms with Crippen LogP contribution >= 0.6 is 0 Å². The Balaban J connectivity index is 2.98. The smallest absolute Gasteiger partial charge is 0.430 e. The zero-order valence-corrected chi connectivity index (χ0v) is 9.22. The summed E-state index contributed by atoms with van der Waals surface area (Å²) in [6.07, 6.45) is -14.7. The summed E-state index contributed by atoms with van der Waals surface area (Å²) in [7, 11) is 0. The molecule has 0 heterocycles. The summed E-state index contributed by atoms with van der Waals surface area (Å²) in [5.74, 6) is -2.40. The highest BCUT2D eigenvalue weighted by Crippen LogP contribution is 2.37. The van der Waals surface area contributed by atoms with Gasteiger partial charge in [0.2, 0.25) is 6.08 Å². The second-order valence-electron chi connectivity index (χ2n) is 3.38. The van der Waals surface area contributed by atoms with Gasteiger partial charge >= 0.3 is 12.3 Å². The first-order valence-electron chi connectivity index (χ1n) is 4.73. The summed E-state index contributed by atoms with van der Waals surface area (Å²) in [5, 5.41) is 0. The minimum Gasteiger partial charge on any atom is -0.430 e. The highest BCUT2D eigenvalue weighted by Gasteiger charge is 2.59. The van der Waals surface area contributed by atoms with Crippen molar-refractivity contribution in [3.63, 3.8) is 0 Å². The Kier molecular flexibility index (Phi) is 4.39.